The van der Waals surface area contributed by atoms with E-state index in [4.69, 9.17) is 0 Å². The highest BCUT2D eigenvalue weighted by Crippen LogP contribution is 2.23. The second kappa shape index (κ2) is 7.11. The third-order valence-electron chi connectivity index (χ3n) is 3.63. The molecule has 1 heterocycles. The summed E-state index contributed by atoms with van der Waals surface area (Å²) >= 11 is 0. The molecule has 0 unspecified atom stereocenters. The molecule has 0 fully saturated rings. The summed E-state index contributed by atoms with van der Waals surface area (Å²) in [6, 6.07) is 8.99. The van der Waals surface area contributed by atoms with Gasteiger partial charge in [-0.2, -0.15) is 4.68 Å². The largest absolute Gasteiger partial charge is 0.465 e. The van der Waals surface area contributed by atoms with Gasteiger partial charge in [0.2, 0.25) is 0 Å². The Bertz CT molecular complexity index is 1110. The number of ether oxygens (including phenoxy) is 1. The number of carbonyl (C=O) groups excluding carboxylic acids is 1. The van der Waals surface area contributed by atoms with Crippen molar-refractivity contribution in [2.75, 3.05) is 11.8 Å². The molecule has 9 nitrogen and oxygen atoms in total. The smallest absolute Gasteiger partial charge is 0.337 e. The lowest BCUT2D eigenvalue weighted by atomic mass is 10.2. The fourth-order valence-corrected chi connectivity index (χ4v) is 3.41. The van der Waals surface area contributed by atoms with Gasteiger partial charge in [0, 0.05) is 0 Å². The third-order valence-corrected chi connectivity index (χ3v) is 4.99. The predicted octanol–water partition coefficient (Wildman–Crippen LogP) is 1.70. The zero-order chi connectivity index (χ0) is 19.6. The zero-order valence-electron chi connectivity index (χ0n) is 14.2. The second-order valence-corrected chi connectivity index (χ2v) is 7.11. The number of hydrogen-bond donors (Lipinski definition) is 1. The van der Waals surface area contributed by atoms with Crippen LogP contribution in [0.5, 0.6) is 0 Å². The number of sulfonamides is 1. The molecule has 0 saturated carbocycles. The summed E-state index contributed by atoms with van der Waals surface area (Å²) in [5.41, 5.74) is 0.143. The standard InChI is InChI=1S/C16H14FN5O4S/c1-10-18-20-21-22(10)12-6-7-14(17)15(9-12)19-27(24,25)13-5-3-4-11(8-13)16(23)26-2/h3-9,19H,1-2H3. The summed E-state index contributed by atoms with van der Waals surface area (Å²) in [6.07, 6.45) is 0. The molecule has 0 amide bonds. The lowest BCUT2D eigenvalue weighted by Crippen LogP contribution is -2.15. The zero-order valence-corrected chi connectivity index (χ0v) is 15.1. The fraction of sp³-hybridized carbons (Fsp3) is 0.125. The van der Waals surface area contributed by atoms with Gasteiger partial charge in [-0.05, 0) is 53.7 Å². The summed E-state index contributed by atoms with van der Waals surface area (Å²) in [5.74, 6) is -1.02. The van der Waals surface area contributed by atoms with Crippen molar-refractivity contribution in [1.29, 1.82) is 0 Å². The maximum Gasteiger partial charge on any atom is 0.337 e. The number of carbonyl (C=O) groups is 1. The van der Waals surface area contributed by atoms with Gasteiger partial charge >= 0.3 is 5.97 Å². The Labute approximate surface area is 153 Å². The first-order valence-electron chi connectivity index (χ1n) is 7.58. The van der Waals surface area contributed by atoms with E-state index in [2.05, 4.69) is 25.0 Å². The van der Waals surface area contributed by atoms with E-state index in [1.807, 2.05) is 0 Å². The van der Waals surface area contributed by atoms with Crippen molar-refractivity contribution in [2.45, 2.75) is 11.8 Å². The number of methoxy groups -OCH3 is 1. The maximum atomic E-state index is 14.2. The van der Waals surface area contributed by atoms with Gasteiger partial charge in [-0.3, -0.25) is 4.72 Å². The third kappa shape index (κ3) is 3.77. The van der Waals surface area contributed by atoms with Crippen LogP contribution in [0.25, 0.3) is 5.69 Å². The highest BCUT2D eigenvalue weighted by Gasteiger charge is 2.19. The van der Waals surface area contributed by atoms with Crippen LogP contribution in [0, 0.1) is 12.7 Å². The van der Waals surface area contributed by atoms with E-state index in [-0.39, 0.29) is 16.1 Å². The summed E-state index contributed by atoms with van der Waals surface area (Å²) in [7, 11) is -2.97. The number of nitrogens with zero attached hydrogens (tertiary/aromatic N) is 4. The van der Waals surface area contributed by atoms with Gasteiger partial charge in [-0.1, -0.05) is 6.07 Å². The molecule has 3 aromatic rings. The van der Waals surface area contributed by atoms with Crippen LogP contribution in [0.1, 0.15) is 16.2 Å². The second-order valence-electron chi connectivity index (χ2n) is 5.43. The van der Waals surface area contributed by atoms with Crippen LogP contribution in [0.2, 0.25) is 0 Å². The molecular formula is C16H14FN5O4S. The van der Waals surface area contributed by atoms with E-state index in [1.165, 1.54) is 42.1 Å². The van der Waals surface area contributed by atoms with Gasteiger partial charge in [-0.15, -0.1) is 5.10 Å². The van der Waals surface area contributed by atoms with E-state index < -0.39 is 21.8 Å². The van der Waals surface area contributed by atoms with Gasteiger partial charge in [0.15, 0.2) is 5.82 Å². The van der Waals surface area contributed by atoms with Gasteiger partial charge in [0.25, 0.3) is 10.0 Å². The van der Waals surface area contributed by atoms with Crippen LogP contribution in [0.3, 0.4) is 0 Å². The molecule has 140 valence electrons. The van der Waals surface area contributed by atoms with Crippen LogP contribution in [0.15, 0.2) is 47.4 Å². The number of aromatic nitrogens is 4. The van der Waals surface area contributed by atoms with Crippen LogP contribution >= 0.6 is 0 Å². The number of halogens is 1. The lowest BCUT2D eigenvalue weighted by Gasteiger charge is -2.11. The summed E-state index contributed by atoms with van der Waals surface area (Å²) < 4.78 is 47.4. The van der Waals surface area contributed by atoms with Crippen LogP contribution in [-0.2, 0) is 14.8 Å². The van der Waals surface area contributed by atoms with Crippen LogP contribution < -0.4 is 4.72 Å². The first kappa shape index (κ1) is 18.5. The molecule has 1 aromatic heterocycles. The minimum atomic E-state index is -4.15. The Morgan fingerprint density at radius 2 is 2.00 bits per heavy atom. The lowest BCUT2D eigenvalue weighted by molar-refractivity contribution is 0.0600. The monoisotopic (exact) mass is 391 g/mol. The molecule has 0 atom stereocenters. The summed E-state index contributed by atoms with van der Waals surface area (Å²) in [5, 5.41) is 11.0. The van der Waals surface area contributed by atoms with Crippen molar-refractivity contribution in [3.63, 3.8) is 0 Å². The van der Waals surface area contributed by atoms with E-state index >= 15 is 0 Å². The fourth-order valence-electron chi connectivity index (χ4n) is 2.31. The average molecular weight is 391 g/mol. The number of aryl methyl sites for hydroxylation is 1. The SMILES string of the molecule is COC(=O)c1cccc(S(=O)(=O)Nc2cc(-n3nnnc3C)ccc2F)c1. The number of anilines is 1. The number of nitrogens with one attached hydrogen (secondary N) is 1. The average Bonchev–Trinajstić information content (AvgIpc) is 3.09. The van der Waals surface area contributed by atoms with Gasteiger partial charge < -0.3 is 4.74 Å². The highest BCUT2D eigenvalue weighted by atomic mass is 32.2. The Hall–Kier alpha value is -3.34. The molecule has 0 saturated heterocycles. The van der Waals surface area contributed by atoms with Crippen molar-refractivity contribution in [3.05, 3.63) is 59.7 Å². The quantitative estimate of drug-likeness (QED) is 0.658. The molecule has 11 heteroatoms. The number of rotatable bonds is 5. The van der Waals surface area contributed by atoms with E-state index in [1.54, 1.807) is 6.92 Å². The van der Waals surface area contributed by atoms with Crippen molar-refractivity contribution in [1.82, 2.24) is 20.2 Å². The van der Waals surface area contributed by atoms with E-state index in [0.29, 0.717) is 11.5 Å². The number of esters is 1. The molecule has 0 aliphatic carbocycles. The molecule has 3 rings (SSSR count). The van der Waals surface area contributed by atoms with Crippen molar-refractivity contribution < 1.29 is 22.3 Å². The Morgan fingerprint density at radius 1 is 1.22 bits per heavy atom. The molecule has 2 aromatic carbocycles. The number of benzene rings is 2. The van der Waals surface area contributed by atoms with Crippen molar-refractivity contribution in [2.24, 2.45) is 0 Å². The molecule has 0 radical (unpaired) electrons. The first-order chi connectivity index (χ1) is 12.8. The van der Waals surface area contributed by atoms with Crippen molar-refractivity contribution in [3.8, 4) is 5.69 Å². The molecule has 0 aliphatic heterocycles. The summed E-state index contributed by atoms with van der Waals surface area (Å²) in [6.45, 7) is 1.64. The Morgan fingerprint density at radius 3 is 2.67 bits per heavy atom. The Kier molecular flexibility index (Phi) is 4.86. The number of tetrazole rings is 1. The van der Waals surface area contributed by atoms with Crippen LogP contribution in [0.4, 0.5) is 10.1 Å². The van der Waals surface area contributed by atoms with E-state index in [9.17, 15) is 17.6 Å². The van der Waals surface area contributed by atoms with Crippen molar-refractivity contribution >= 4 is 21.7 Å². The van der Waals surface area contributed by atoms with E-state index in [0.717, 1.165) is 12.1 Å². The molecular weight excluding hydrogens is 377 g/mol. The summed E-state index contributed by atoms with van der Waals surface area (Å²) in [4.78, 5) is 11.4. The first-order valence-corrected chi connectivity index (χ1v) is 9.06. The molecule has 0 aliphatic rings. The number of hydrogen-bond acceptors (Lipinski definition) is 7. The normalized spacial score (nSPS) is 11.2. The van der Waals surface area contributed by atoms with Gasteiger partial charge in [0.05, 0.1) is 28.9 Å². The molecule has 27 heavy (non-hydrogen) atoms. The topological polar surface area (TPSA) is 116 Å². The maximum absolute atomic E-state index is 14.2. The Balaban J connectivity index is 1.97. The van der Waals surface area contributed by atoms with Gasteiger partial charge in [0.1, 0.15) is 5.82 Å². The predicted molar refractivity (Wildman–Crippen MR) is 92.4 cm³/mol. The minimum Gasteiger partial charge on any atom is -0.465 e. The minimum absolute atomic E-state index is 0.0545. The van der Waals surface area contributed by atoms with Gasteiger partial charge in [-0.25, -0.2) is 17.6 Å². The van der Waals surface area contributed by atoms with Crippen LogP contribution in [-0.4, -0.2) is 41.7 Å². The molecule has 1 N–H and O–H groups in total. The molecule has 0 spiro atoms. The highest BCUT2D eigenvalue weighted by molar-refractivity contribution is 7.92. The molecule has 0 bridgehead atoms.